The highest BCUT2D eigenvalue weighted by atomic mass is 19.1. The number of carbonyl (C=O) groups excluding carboxylic acids is 1. The van der Waals surface area contributed by atoms with Crippen LogP contribution in [0.4, 0.5) is 4.39 Å². The summed E-state index contributed by atoms with van der Waals surface area (Å²) in [6.45, 7) is 13.2. The lowest BCUT2D eigenvalue weighted by Crippen LogP contribution is -2.49. The Balaban J connectivity index is 0.000000150. The molecule has 4 aliphatic rings. The van der Waals surface area contributed by atoms with Crippen molar-refractivity contribution in [2.24, 2.45) is 35.3 Å². The van der Waals surface area contributed by atoms with Crippen LogP contribution in [0, 0.1) is 35.4 Å². The van der Waals surface area contributed by atoms with Gasteiger partial charge in [-0.25, -0.2) is 4.39 Å². The highest BCUT2D eigenvalue weighted by molar-refractivity contribution is 5.91. The third-order valence-corrected chi connectivity index (χ3v) is 11.7. The fourth-order valence-electron chi connectivity index (χ4n) is 8.73. The molecule has 6 atom stereocenters. The number of aromatic nitrogens is 2. The van der Waals surface area contributed by atoms with Gasteiger partial charge in [-0.05, 0) is 96.2 Å². The Morgan fingerprint density at radius 1 is 0.941 bits per heavy atom. The molecule has 0 radical (unpaired) electrons. The summed E-state index contributed by atoms with van der Waals surface area (Å²) < 4.78 is 12.9. The summed E-state index contributed by atoms with van der Waals surface area (Å²) >= 11 is 0. The molecule has 2 aliphatic carbocycles. The molecular formula is C45H55FN4O. The van der Waals surface area contributed by atoms with Crippen LogP contribution in [0.15, 0.2) is 104 Å². The zero-order chi connectivity index (χ0) is 35.9. The number of piperidine rings is 1. The molecule has 0 spiro atoms. The van der Waals surface area contributed by atoms with Crippen molar-refractivity contribution >= 4 is 27.7 Å². The molecular weight excluding hydrogens is 632 g/mol. The van der Waals surface area contributed by atoms with E-state index >= 15 is 0 Å². The van der Waals surface area contributed by atoms with Crippen LogP contribution in [0.1, 0.15) is 70.4 Å². The van der Waals surface area contributed by atoms with E-state index in [0.29, 0.717) is 11.4 Å². The van der Waals surface area contributed by atoms with Crippen molar-refractivity contribution in [3.63, 3.8) is 0 Å². The molecule has 4 heterocycles. The molecule has 6 heteroatoms. The van der Waals surface area contributed by atoms with Gasteiger partial charge in [-0.3, -0.25) is 9.69 Å². The van der Waals surface area contributed by atoms with Crippen molar-refractivity contribution in [2.75, 3.05) is 6.54 Å². The second-order valence-electron chi connectivity index (χ2n) is 15.0. The van der Waals surface area contributed by atoms with Gasteiger partial charge in [0.25, 0.3) is 0 Å². The number of nitrogens with one attached hydrogen (secondary N) is 2. The van der Waals surface area contributed by atoms with E-state index in [1.165, 1.54) is 84.9 Å². The summed E-state index contributed by atoms with van der Waals surface area (Å²) in [6.07, 6.45) is 17.1. The second-order valence-corrected chi connectivity index (χ2v) is 15.0. The predicted octanol–water partition coefficient (Wildman–Crippen LogP) is 10.6. The standard InChI is InChI=1S/C24H26N2.C11H20.C10H9FN2O/c1-2-18-14-17-12-13-23(18)26(15-17)16-21-20-10-6-7-11-22(20)25-24(21)19-8-4-3-5-9-19;1-4-10-7-6-9(3)11(5-2)8-10;11-7-1-2-9-8(4-7)6(5-13-9)3-10(12)14/h3-13,17-18,23,25H,2,14-16H2,1H3;4,9-11H,1,5-8H2,2-3H3;1-2,4-5,13H,3H2,(H2,12,14). The van der Waals surface area contributed by atoms with Crippen molar-refractivity contribution in [1.29, 1.82) is 0 Å². The van der Waals surface area contributed by atoms with E-state index in [1.54, 1.807) is 12.3 Å². The molecule has 1 amide bonds. The number of amides is 1. The van der Waals surface area contributed by atoms with Crippen molar-refractivity contribution < 1.29 is 9.18 Å². The summed E-state index contributed by atoms with van der Waals surface area (Å²) in [7, 11) is 0. The monoisotopic (exact) mass is 686 g/mol. The number of benzene rings is 3. The van der Waals surface area contributed by atoms with E-state index in [0.717, 1.165) is 47.2 Å². The summed E-state index contributed by atoms with van der Waals surface area (Å²) in [5, 5.41) is 2.08. The Morgan fingerprint density at radius 3 is 2.43 bits per heavy atom. The molecule has 4 N–H and O–H groups in total. The van der Waals surface area contributed by atoms with Crippen molar-refractivity contribution in [3.8, 4) is 11.3 Å². The number of para-hydroxylation sites is 1. The van der Waals surface area contributed by atoms with Gasteiger partial charge in [0.15, 0.2) is 0 Å². The van der Waals surface area contributed by atoms with Gasteiger partial charge in [-0.1, -0.05) is 100 Å². The first-order valence-corrected chi connectivity index (χ1v) is 19.0. The van der Waals surface area contributed by atoms with Crippen molar-refractivity contribution in [2.45, 2.75) is 78.3 Å². The summed E-state index contributed by atoms with van der Waals surface area (Å²) in [5.74, 6) is 3.54. The lowest BCUT2D eigenvalue weighted by Gasteiger charge is -2.46. The van der Waals surface area contributed by atoms with Crippen LogP contribution in [-0.4, -0.2) is 33.4 Å². The maximum Gasteiger partial charge on any atom is 0.221 e. The summed E-state index contributed by atoms with van der Waals surface area (Å²) in [4.78, 5) is 20.1. The average Bonchev–Trinajstić information content (AvgIpc) is 3.73. The van der Waals surface area contributed by atoms with Gasteiger partial charge in [0.05, 0.1) is 12.1 Å². The van der Waals surface area contributed by atoms with Crippen LogP contribution in [0.2, 0.25) is 0 Å². The third kappa shape index (κ3) is 8.56. The molecule has 2 bridgehead atoms. The number of H-pyrrole nitrogens is 2. The molecule has 6 unspecified atom stereocenters. The van der Waals surface area contributed by atoms with Gasteiger partial charge < -0.3 is 15.7 Å². The van der Waals surface area contributed by atoms with Gasteiger partial charge in [0.2, 0.25) is 5.91 Å². The molecule has 1 saturated heterocycles. The summed E-state index contributed by atoms with van der Waals surface area (Å²) in [5.41, 5.74) is 11.9. The number of halogens is 1. The molecule has 5 aromatic rings. The number of carbonyl (C=O) groups is 1. The first-order valence-electron chi connectivity index (χ1n) is 19.0. The van der Waals surface area contributed by atoms with Crippen molar-refractivity contribution in [3.05, 3.63) is 121 Å². The summed E-state index contributed by atoms with van der Waals surface area (Å²) in [6, 6.07) is 24.5. The molecule has 5 nitrogen and oxygen atoms in total. The van der Waals surface area contributed by atoms with E-state index in [2.05, 4.69) is 115 Å². The van der Waals surface area contributed by atoms with E-state index in [9.17, 15) is 9.18 Å². The van der Waals surface area contributed by atoms with Crippen LogP contribution >= 0.6 is 0 Å². The highest BCUT2D eigenvalue weighted by Crippen LogP contribution is 2.39. The average molecular weight is 687 g/mol. The fraction of sp³-hybridized carbons (Fsp3) is 0.400. The zero-order valence-corrected chi connectivity index (χ0v) is 30.6. The zero-order valence-electron chi connectivity index (χ0n) is 30.6. The molecule has 51 heavy (non-hydrogen) atoms. The molecule has 3 aromatic carbocycles. The lowest BCUT2D eigenvalue weighted by atomic mass is 9.74. The SMILES string of the molecule is C=CC1CCC(C)C(CC)C1.CCC1CC2C=CC1N(Cc1c(-c3ccccc3)[nH]c3ccccc13)C2.NC(=O)Cc1c[nH]c2ccc(F)cc12. The first kappa shape index (κ1) is 36.4. The van der Waals surface area contributed by atoms with Crippen LogP contribution in [-0.2, 0) is 17.8 Å². The minimum Gasteiger partial charge on any atom is -0.369 e. The van der Waals surface area contributed by atoms with Crippen LogP contribution in [0.25, 0.3) is 33.1 Å². The number of hydrogen-bond acceptors (Lipinski definition) is 2. The number of nitrogens with two attached hydrogens (primary N) is 1. The number of primary amides is 1. The normalized spacial score (nSPS) is 24.1. The largest absolute Gasteiger partial charge is 0.369 e. The number of aromatic amines is 2. The lowest BCUT2D eigenvalue weighted by molar-refractivity contribution is -0.117. The van der Waals surface area contributed by atoms with E-state index in [-0.39, 0.29) is 12.2 Å². The molecule has 2 fully saturated rings. The Hall–Kier alpha value is -4.42. The van der Waals surface area contributed by atoms with Crippen LogP contribution in [0.5, 0.6) is 0 Å². The van der Waals surface area contributed by atoms with E-state index in [4.69, 9.17) is 5.73 Å². The Bertz CT molecular complexity index is 1940. The maximum absolute atomic E-state index is 12.9. The second kappa shape index (κ2) is 16.7. The van der Waals surface area contributed by atoms with Gasteiger partial charge in [0, 0.05) is 47.1 Å². The van der Waals surface area contributed by atoms with E-state index < -0.39 is 5.91 Å². The van der Waals surface area contributed by atoms with Gasteiger partial charge in [0.1, 0.15) is 5.82 Å². The van der Waals surface area contributed by atoms with Crippen LogP contribution in [0.3, 0.4) is 0 Å². The van der Waals surface area contributed by atoms with Crippen molar-refractivity contribution in [1.82, 2.24) is 14.9 Å². The Labute approximate surface area is 303 Å². The highest BCUT2D eigenvalue weighted by Gasteiger charge is 2.37. The third-order valence-electron chi connectivity index (χ3n) is 11.7. The smallest absolute Gasteiger partial charge is 0.221 e. The number of nitrogens with zero attached hydrogens (tertiary/aromatic N) is 1. The Morgan fingerprint density at radius 2 is 1.71 bits per heavy atom. The minimum atomic E-state index is -0.421. The predicted molar refractivity (Wildman–Crippen MR) is 211 cm³/mol. The van der Waals surface area contributed by atoms with E-state index in [1.807, 2.05) is 0 Å². The van der Waals surface area contributed by atoms with Gasteiger partial charge >= 0.3 is 0 Å². The maximum atomic E-state index is 12.9. The molecule has 2 aromatic heterocycles. The molecule has 1 saturated carbocycles. The Kier molecular flexibility index (Phi) is 11.9. The van der Waals surface area contributed by atoms with Crippen LogP contribution < -0.4 is 5.73 Å². The quantitative estimate of drug-likeness (QED) is 0.142. The van der Waals surface area contributed by atoms with Gasteiger partial charge in [-0.15, -0.1) is 6.58 Å². The molecule has 9 rings (SSSR count). The number of rotatable bonds is 8. The number of hydrogen-bond donors (Lipinski definition) is 3. The number of fused-ring (bicyclic) bond motifs is 4. The fourth-order valence-corrected chi connectivity index (χ4v) is 8.73. The minimum absolute atomic E-state index is 0.128. The topological polar surface area (TPSA) is 77.9 Å². The first-order chi connectivity index (χ1) is 24.8. The number of allylic oxidation sites excluding steroid dienone is 1. The van der Waals surface area contributed by atoms with Gasteiger partial charge in [-0.2, -0.15) is 0 Å². The molecule has 268 valence electrons. The molecule has 2 aliphatic heterocycles.